The fraction of sp³-hybridized carbons (Fsp3) is 0.400. The summed E-state index contributed by atoms with van der Waals surface area (Å²) < 4.78 is 7.09. The number of aliphatic hydroxyl groups excluding tert-OH is 1. The second kappa shape index (κ2) is 4.03. The fourth-order valence-electron chi connectivity index (χ4n) is 1.74. The summed E-state index contributed by atoms with van der Waals surface area (Å²) in [5, 5.41) is 13.9. The lowest BCUT2D eigenvalue weighted by molar-refractivity contribution is 0.268. The van der Waals surface area contributed by atoms with Crippen LogP contribution in [0.2, 0.25) is 0 Å². The first kappa shape index (κ1) is 11.3. The molecule has 86 valence electrons. The Morgan fingerprint density at radius 3 is 2.81 bits per heavy atom. The Labute approximate surface area is 99.8 Å². The van der Waals surface area contributed by atoms with Gasteiger partial charge in [0, 0.05) is 0 Å². The van der Waals surface area contributed by atoms with Gasteiger partial charge in [0.1, 0.15) is 4.47 Å². The van der Waals surface area contributed by atoms with Crippen molar-refractivity contribution in [3.05, 3.63) is 26.2 Å². The number of hydrogen-bond donors (Lipinski definition) is 1. The van der Waals surface area contributed by atoms with Crippen molar-refractivity contribution >= 4 is 27.0 Å². The Hall–Kier alpha value is -1.14. The van der Waals surface area contributed by atoms with E-state index >= 15 is 0 Å². The SMILES string of the molecule is Cc1nn(CCO)c2oc(=O)c(Br)c(C)c12. The van der Waals surface area contributed by atoms with Crippen LogP contribution < -0.4 is 5.63 Å². The van der Waals surface area contributed by atoms with Crippen LogP contribution in [0.15, 0.2) is 13.7 Å². The van der Waals surface area contributed by atoms with Crippen molar-refractivity contribution in [2.75, 3.05) is 6.61 Å². The molecule has 0 saturated heterocycles. The third-order valence-electron chi connectivity index (χ3n) is 2.47. The van der Waals surface area contributed by atoms with E-state index in [1.54, 1.807) is 0 Å². The highest BCUT2D eigenvalue weighted by atomic mass is 79.9. The lowest BCUT2D eigenvalue weighted by atomic mass is 10.2. The third-order valence-corrected chi connectivity index (χ3v) is 3.38. The summed E-state index contributed by atoms with van der Waals surface area (Å²) in [6, 6.07) is 0. The van der Waals surface area contributed by atoms with E-state index in [0.717, 1.165) is 16.6 Å². The predicted octanol–water partition coefficient (Wildman–Crippen LogP) is 1.36. The van der Waals surface area contributed by atoms with Crippen LogP contribution in [0.1, 0.15) is 11.3 Å². The number of aryl methyl sites for hydroxylation is 2. The molecular weight excluding hydrogens is 276 g/mol. The Morgan fingerprint density at radius 1 is 1.50 bits per heavy atom. The van der Waals surface area contributed by atoms with Gasteiger partial charge in [-0.1, -0.05) is 0 Å². The minimum absolute atomic E-state index is 0.0466. The summed E-state index contributed by atoms with van der Waals surface area (Å²) in [5.41, 5.74) is 1.58. The van der Waals surface area contributed by atoms with Crippen molar-refractivity contribution in [1.82, 2.24) is 9.78 Å². The zero-order chi connectivity index (χ0) is 11.9. The molecule has 0 bridgehead atoms. The van der Waals surface area contributed by atoms with Crippen molar-refractivity contribution < 1.29 is 9.52 Å². The molecule has 0 atom stereocenters. The monoisotopic (exact) mass is 286 g/mol. The molecule has 2 aromatic rings. The van der Waals surface area contributed by atoms with E-state index in [4.69, 9.17) is 9.52 Å². The highest BCUT2D eigenvalue weighted by Gasteiger charge is 2.16. The molecule has 2 aromatic heterocycles. The summed E-state index contributed by atoms with van der Waals surface area (Å²) >= 11 is 3.19. The van der Waals surface area contributed by atoms with Gasteiger partial charge in [0.2, 0.25) is 5.71 Å². The summed E-state index contributed by atoms with van der Waals surface area (Å²) in [6.07, 6.45) is 0. The molecule has 0 saturated carbocycles. The molecule has 2 rings (SSSR count). The first-order chi connectivity index (χ1) is 7.56. The lowest BCUT2D eigenvalue weighted by Gasteiger charge is -2.00. The van der Waals surface area contributed by atoms with Gasteiger partial charge >= 0.3 is 5.63 Å². The summed E-state index contributed by atoms with van der Waals surface area (Å²) in [4.78, 5) is 11.5. The summed E-state index contributed by atoms with van der Waals surface area (Å²) in [6.45, 7) is 3.94. The maximum Gasteiger partial charge on any atom is 0.352 e. The van der Waals surface area contributed by atoms with Crippen LogP contribution in [0.5, 0.6) is 0 Å². The van der Waals surface area contributed by atoms with E-state index in [1.807, 2.05) is 13.8 Å². The molecule has 16 heavy (non-hydrogen) atoms. The first-order valence-electron chi connectivity index (χ1n) is 4.83. The summed E-state index contributed by atoms with van der Waals surface area (Å²) in [7, 11) is 0. The highest BCUT2D eigenvalue weighted by molar-refractivity contribution is 9.10. The Morgan fingerprint density at radius 2 is 2.19 bits per heavy atom. The van der Waals surface area contributed by atoms with E-state index in [-0.39, 0.29) is 6.61 Å². The van der Waals surface area contributed by atoms with Gasteiger partial charge < -0.3 is 9.52 Å². The van der Waals surface area contributed by atoms with E-state index in [1.165, 1.54) is 4.68 Å². The molecule has 0 aliphatic rings. The van der Waals surface area contributed by atoms with Gasteiger partial charge in [-0.05, 0) is 35.3 Å². The molecule has 5 nitrogen and oxygen atoms in total. The molecule has 0 amide bonds. The van der Waals surface area contributed by atoms with Crippen LogP contribution in [0.3, 0.4) is 0 Å². The Kier molecular flexibility index (Phi) is 2.86. The van der Waals surface area contributed by atoms with E-state index in [0.29, 0.717) is 16.7 Å². The number of rotatable bonds is 2. The molecule has 0 aromatic carbocycles. The highest BCUT2D eigenvalue weighted by Crippen LogP contribution is 2.25. The smallest absolute Gasteiger partial charge is 0.352 e. The average Bonchev–Trinajstić information content (AvgIpc) is 2.53. The van der Waals surface area contributed by atoms with Crippen LogP contribution in [-0.2, 0) is 6.54 Å². The van der Waals surface area contributed by atoms with Gasteiger partial charge in [0.25, 0.3) is 0 Å². The topological polar surface area (TPSA) is 68.3 Å². The minimum Gasteiger partial charge on any atom is -0.403 e. The predicted molar refractivity (Wildman–Crippen MR) is 62.5 cm³/mol. The molecule has 0 fully saturated rings. The number of nitrogens with zero attached hydrogens (tertiary/aromatic N) is 2. The van der Waals surface area contributed by atoms with Crippen molar-refractivity contribution in [1.29, 1.82) is 0 Å². The maximum atomic E-state index is 11.5. The van der Waals surface area contributed by atoms with E-state index < -0.39 is 5.63 Å². The van der Waals surface area contributed by atoms with Crippen molar-refractivity contribution in [2.45, 2.75) is 20.4 Å². The fourth-order valence-corrected chi connectivity index (χ4v) is 2.02. The van der Waals surface area contributed by atoms with Crippen LogP contribution in [-0.4, -0.2) is 21.5 Å². The number of fused-ring (bicyclic) bond motifs is 1. The van der Waals surface area contributed by atoms with Crippen LogP contribution in [0.4, 0.5) is 0 Å². The zero-order valence-electron chi connectivity index (χ0n) is 8.95. The van der Waals surface area contributed by atoms with Crippen molar-refractivity contribution in [2.24, 2.45) is 0 Å². The van der Waals surface area contributed by atoms with Gasteiger partial charge in [-0.3, -0.25) is 0 Å². The van der Waals surface area contributed by atoms with Gasteiger partial charge in [-0.15, -0.1) is 0 Å². The molecule has 2 heterocycles. The Bertz CT molecular complexity index is 600. The number of hydrogen-bond acceptors (Lipinski definition) is 4. The molecule has 0 unspecified atom stereocenters. The molecule has 0 spiro atoms. The van der Waals surface area contributed by atoms with Crippen LogP contribution in [0.25, 0.3) is 11.1 Å². The van der Waals surface area contributed by atoms with Gasteiger partial charge in [0.15, 0.2) is 0 Å². The largest absolute Gasteiger partial charge is 0.403 e. The molecule has 0 aliphatic heterocycles. The molecule has 0 aliphatic carbocycles. The average molecular weight is 287 g/mol. The number of aliphatic hydroxyl groups is 1. The van der Waals surface area contributed by atoms with E-state index in [9.17, 15) is 4.79 Å². The molecule has 0 radical (unpaired) electrons. The van der Waals surface area contributed by atoms with E-state index in [2.05, 4.69) is 21.0 Å². The quantitative estimate of drug-likeness (QED) is 0.905. The van der Waals surface area contributed by atoms with Crippen LogP contribution >= 0.6 is 15.9 Å². The minimum atomic E-state index is -0.427. The Balaban J connectivity index is 2.86. The second-order valence-electron chi connectivity index (χ2n) is 3.54. The molecule has 6 heteroatoms. The molecule has 1 N–H and O–H groups in total. The zero-order valence-corrected chi connectivity index (χ0v) is 10.5. The standard InChI is InChI=1S/C10H11BrN2O3/c1-5-7-6(2)12-13(3-4-14)9(7)16-10(15)8(5)11/h14H,3-4H2,1-2H3. The number of aromatic nitrogens is 2. The van der Waals surface area contributed by atoms with Crippen molar-refractivity contribution in [3.8, 4) is 0 Å². The first-order valence-corrected chi connectivity index (χ1v) is 5.62. The second-order valence-corrected chi connectivity index (χ2v) is 4.33. The third kappa shape index (κ3) is 1.58. The van der Waals surface area contributed by atoms with Crippen LogP contribution in [0, 0.1) is 13.8 Å². The van der Waals surface area contributed by atoms with Gasteiger partial charge in [-0.2, -0.15) is 5.10 Å². The summed E-state index contributed by atoms with van der Waals surface area (Å²) in [5.74, 6) is 0. The number of halogens is 1. The molecular formula is C10H11BrN2O3. The normalized spacial score (nSPS) is 11.2. The van der Waals surface area contributed by atoms with Gasteiger partial charge in [0.05, 0.1) is 24.2 Å². The van der Waals surface area contributed by atoms with Gasteiger partial charge in [-0.25, -0.2) is 9.48 Å². The maximum absolute atomic E-state index is 11.5. The lowest BCUT2D eigenvalue weighted by Crippen LogP contribution is -2.07. The van der Waals surface area contributed by atoms with Crippen molar-refractivity contribution in [3.63, 3.8) is 0 Å².